The summed E-state index contributed by atoms with van der Waals surface area (Å²) in [6.45, 7) is 7.36. The molecule has 0 bridgehead atoms. The van der Waals surface area contributed by atoms with Crippen LogP contribution in [0, 0.1) is 0 Å². The summed E-state index contributed by atoms with van der Waals surface area (Å²) < 4.78 is 0. The number of hydrogen-bond acceptors (Lipinski definition) is 4. The van der Waals surface area contributed by atoms with Gasteiger partial charge in [-0.05, 0) is 24.1 Å². The van der Waals surface area contributed by atoms with Crippen molar-refractivity contribution < 1.29 is 4.79 Å². The molecule has 1 heterocycles. The van der Waals surface area contributed by atoms with E-state index in [1.54, 1.807) is 0 Å². The summed E-state index contributed by atoms with van der Waals surface area (Å²) in [5.41, 5.74) is 8.20. The van der Waals surface area contributed by atoms with Gasteiger partial charge in [0, 0.05) is 45.8 Å². The highest BCUT2D eigenvalue weighted by molar-refractivity contribution is 5.85. The zero-order valence-electron chi connectivity index (χ0n) is 17.5. The molecule has 30 heavy (non-hydrogen) atoms. The maximum Gasteiger partial charge on any atom is 0.237 e. The summed E-state index contributed by atoms with van der Waals surface area (Å²) in [5, 5.41) is 0. The van der Waals surface area contributed by atoms with Gasteiger partial charge in [0.25, 0.3) is 0 Å². The van der Waals surface area contributed by atoms with Gasteiger partial charge in [-0.2, -0.15) is 0 Å². The third-order valence-corrected chi connectivity index (χ3v) is 5.27. The van der Waals surface area contributed by atoms with Gasteiger partial charge in [-0.1, -0.05) is 60.7 Å². The van der Waals surface area contributed by atoms with Crippen molar-refractivity contribution in [3.8, 4) is 0 Å². The Morgan fingerprint density at radius 2 is 1.37 bits per heavy atom. The fourth-order valence-corrected chi connectivity index (χ4v) is 3.62. The summed E-state index contributed by atoms with van der Waals surface area (Å²) in [5.74, 6) is 0.203. The Balaban J connectivity index is 0.00000225. The van der Waals surface area contributed by atoms with E-state index < -0.39 is 0 Å². The second-order valence-electron chi connectivity index (χ2n) is 7.48. The lowest BCUT2D eigenvalue weighted by atomic mass is 10.2. The molecule has 2 aromatic carbocycles. The molecule has 0 saturated carbocycles. The van der Waals surface area contributed by atoms with Gasteiger partial charge in [-0.15, -0.1) is 24.8 Å². The summed E-state index contributed by atoms with van der Waals surface area (Å²) >= 11 is 0. The molecular formula is C23H34Cl2N4O. The first-order valence-electron chi connectivity index (χ1n) is 10.2. The number of halogens is 2. The predicted molar refractivity (Wildman–Crippen MR) is 128 cm³/mol. The number of nitrogens with two attached hydrogens (primary N) is 1. The Morgan fingerprint density at radius 1 is 0.833 bits per heavy atom. The van der Waals surface area contributed by atoms with E-state index in [1.807, 2.05) is 23.1 Å². The molecule has 1 fully saturated rings. The number of amides is 1. The molecular weight excluding hydrogens is 419 g/mol. The molecule has 0 unspecified atom stereocenters. The molecule has 2 aromatic rings. The number of benzene rings is 2. The number of rotatable bonds is 9. The highest BCUT2D eigenvalue weighted by Crippen LogP contribution is 2.10. The summed E-state index contributed by atoms with van der Waals surface area (Å²) in [4.78, 5) is 19.6. The lowest BCUT2D eigenvalue weighted by molar-refractivity contribution is -0.133. The van der Waals surface area contributed by atoms with Gasteiger partial charge in [-0.25, -0.2) is 0 Å². The van der Waals surface area contributed by atoms with Crippen LogP contribution in [0.25, 0.3) is 0 Å². The van der Waals surface area contributed by atoms with Gasteiger partial charge in [0.05, 0.1) is 6.54 Å². The highest BCUT2D eigenvalue weighted by Gasteiger charge is 2.22. The molecule has 0 spiro atoms. The van der Waals surface area contributed by atoms with Crippen LogP contribution >= 0.6 is 24.8 Å². The Kier molecular flexibility index (Phi) is 12.7. The normalized spacial score (nSPS) is 14.4. The third kappa shape index (κ3) is 8.62. The predicted octanol–water partition coefficient (Wildman–Crippen LogP) is 3.03. The van der Waals surface area contributed by atoms with Gasteiger partial charge in [-0.3, -0.25) is 14.6 Å². The molecule has 166 valence electrons. The first kappa shape index (κ1) is 26.4. The standard InChI is InChI=1S/C23H32N4O.2ClH/c24-12-7-13-27(19-22-10-5-2-6-11-22)23(28)20-26-16-14-25(15-17-26)18-21-8-3-1-4-9-21;;/h1-6,8-11H,7,12-20,24H2;2*1H. The maximum atomic E-state index is 12.9. The summed E-state index contributed by atoms with van der Waals surface area (Å²) in [6, 6.07) is 20.8. The van der Waals surface area contributed by atoms with Crippen LogP contribution in [0.1, 0.15) is 17.5 Å². The molecule has 2 N–H and O–H groups in total. The fraction of sp³-hybridized carbons (Fsp3) is 0.435. The minimum Gasteiger partial charge on any atom is -0.337 e. The molecule has 1 amide bonds. The minimum atomic E-state index is 0. The molecule has 0 radical (unpaired) electrons. The van der Waals surface area contributed by atoms with Crippen molar-refractivity contribution in [3.63, 3.8) is 0 Å². The SMILES string of the molecule is Cl.Cl.NCCCN(Cc1ccccc1)C(=O)CN1CCN(Cc2ccccc2)CC1. The second-order valence-corrected chi connectivity index (χ2v) is 7.48. The zero-order chi connectivity index (χ0) is 19.6. The van der Waals surface area contributed by atoms with Crippen molar-refractivity contribution in [2.75, 3.05) is 45.8 Å². The average molecular weight is 453 g/mol. The van der Waals surface area contributed by atoms with E-state index in [1.165, 1.54) is 11.1 Å². The molecule has 1 aliphatic heterocycles. The molecule has 3 rings (SSSR count). The van der Waals surface area contributed by atoms with E-state index >= 15 is 0 Å². The number of nitrogens with zero attached hydrogens (tertiary/aromatic N) is 3. The van der Waals surface area contributed by atoms with E-state index in [4.69, 9.17) is 5.73 Å². The quantitative estimate of drug-likeness (QED) is 0.634. The lowest BCUT2D eigenvalue weighted by Gasteiger charge is -2.35. The van der Waals surface area contributed by atoms with Gasteiger partial charge in [0.1, 0.15) is 0 Å². The number of carbonyl (C=O) groups excluding carboxylic acids is 1. The van der Waals surface area contributed by atoms with Crippen LogP contribution in [0.3, 0.4) is 0 Å². The Labute approximate surface area is 193 Å². The van der Waals surface area contributed by atoms with Gasteiger partial charge in [0.2, 0.25) is 5.91 Å². The largest absolute Gasteiger partial charge is 0.337 e. The minimum absolute atomic E-state index is 0. The maximum absolute atomic E-state index is 12.9. The molecule has 0 aromatic heterocycles. The first-order valence-corrected chi connectivity index (χ1v) is 10.2. The van der Waals surface area contributed by atoms with Crippen LogP contribution in [0.2, 0.25) is 0 Å². The lowest BCUT2D eigenvalue weighted by Crippen LogP contribution is -2.49. The van der Waals surface area contributed by atoms with E-state index in [0.29, 0.717) is 19.6 Å². The third-order valence-electron chi connectivity index (χ3n) is 5.27. The van der Waals surface area contributed by atoms with E-state index in [-0.39, 0.29) is 30.7 Å². The van der Waals surface area contributed by atoms with Crippen molar-refractivity contribution in [1.82, 2.24) is 14.7 Å². The zero-order valence-corrected chi connectivity index (χ0v) is 19.1. The van der Waals surface area contributed by atoms with Crippen LogP contribution in [0.15, 0.2) is 60.7 Å². The van der Waals surface area contributed by atoms with Gasteiger partial charge >= 0.3 is 0 Å². The van der Waals surface area contributed by atoms with Crippen molar-refractivity contribution in [2.45, 2.75) is 19.5 Å². The summed E-state index contributed by atoms with van der Waals surface area (Å²) in [6.07, 6.45) is 0.837. The first-order chi connectivity index (χ1) is 13.7. The number of hydrogen-bond donors (Lipinski definition) is 1. The van der Waals surface area contributed by atoms with Crippen molar-refractivity contribution in [3.05, 3.63) is 71.8 Å². The molecule has 1 aliphatic rings. The van der Waals surface area contributed by atoms with Gasteiger partial charge in [0.15, 0.2) is 0 Å². The average Bonchev–Trinajstić information content (AvgIpc) is 2.74. The van der Waals surface area contributed by atoms with Crippen LogP contribution in [0.4, 0.5) is 0 Å². The van der Waals surface area contributed by atoms with Crippen LogP contribution < -0.4 is 5.73 Å². The smallest absolute Gasteiger partial charge is 0.237 e. The topological polar surface area (TPSA) is 52.8 Å². The van der Waals surface area contributed by atoms with Crippen LogP contribution in [-0.2, 0) is 17.9 Å². The Morgan fingerprint density at radius 3 is 1.93 bits per heavy atom. The van der Waals surface area contributed by atoms with Crippen molar-refractivity contribution >= 4 is 30.7 Å². The Hall–Kier alpha value is -1.63. The second kappa shape index (κ2) is 14.4. The van der Waals surface area contributed by atoms with Gasteiger partial charge < -0.3 is 10.6 Å². The molecule has 1 saturated heterocycles. The van der Waals surface area contributed by atoms with Crippen LogP contribution in [-0.4, -0.2) is 66.4 Å². The van der Waals surface area contributed by atoms with E-state index in [9.17, 15) is 4.79 Å². The molecule has 0 aliphatic carbocycles. The van der Waals surface area contributed by atoms with E-state index in [0.717, 1.165) is 45.7 Å². The molecule has 7 heteroatoms. The molecule has 5 nitrogen and oxygen atoms in total. The van der Waals surface area contributed by atoms with Crippen molar-refractivity contribution in [2.24, 2.45) is 5.73 Å². The number of carbonyl (C=O) groups is 1. The summed E-state index contributed by atoms with van der Waals surface area (Å²) in [7, 11) is 0. The van der Waals surface area contributed by atoms with E-state index in [2.05, 4.69) is 52.3 Å². The van der Waals surface area contributed by atoms with Crippen LogP contribution in [0.5, 0.6) is 0 Å². The van der Waals surface area contributed by atoms with Crippen molar-refractivity contribution in [1.29, 1.82) is 0 Å². The highest BCUT2D eigenvalue weighted by atomic mass is 35.5. The monoisotopic (exact) mass is 452 g/mol. The number of piperazine rings is 1. The molecule has 0 atom stereocenters. The fourth-order valence-electron chi connectivity index (χ4n) is 3.62. The Bertz CT molecular complexity index is 710.